The lowest BCUT2D eigenvalue weighted by Gasteiger charge is -2.26. The molecule has 1 heterocycles. The number of amides is 1. The van der Waals surface area contributed by atoms with Crippen molar-refractivity contribution in [3.8, 4) is 0 Å². The monoisotopic (exact) mass is 420 g/mol. The molecule has 0 aromatic heterocycles. The lowest BCUT2D eigenvalue weighted by molar-refractivity contribution is -0.115. The third-order valence-corrected chi connectivity index (χ3v) is 6.69. The van der Waals surface area contributed by atoms with Crippen LogP contribution in [-0.4, -0.2) is 41.2 Å². The van der Waals surface area contributed by atoms with E-state index in [1.54, 1.807) is 11.8 Å². The van der Waals surface area contributed by atoms with Gasteiger partial charge in [-0.05, 0) is 48.4 Å². The zero-order valence-corrected chi connectivity index (χ0v) is 17.9. The van der Waals surface area contributed by atoms with Gasteiger partial charge in [-0.15, -0.1) is 11.8 Å². The summed E-state index contributed by atoms with van der Waals surface area (Å²) in [5.41, 5.74) is 3.35. The molecule has 0 aliphatic carbocycles. The first-order valence-electron chi connectivity index (χ1n) is 9.18. The summed E-state index contributed by atoms with van der Waals surface area (Å²) >= 11 is 9.59. The normalized spacial score (nSPS) is 14.9. The zero-order valence-electron chi connectivity index (χ0n) is 15.5. The third kappa shape index (κ3) is 6.75. The minimum absolute atomic E-state index is 0.0559. The molecule has 6 heteroatoms. The molecule has 0 spiro atoms. The number of anilines is 1. The Hall–Kier alpha value is -1.14. The van der Waals surface area contributed by atoms with Crippen LogP contribution >= 0.6 is 35.1 Å². The number of carbonyl (C=O) groups excluding carboxylic acids is 1. The summed E-state index contributed by atoms with van der Waals surface area (Å²) in [6.07, 6.45) is 0.486. The van der Waals surface area contributed by atoms with Gasteiger partial charge >= 0.3 is 0 Å². The molecule has 0 radical (unpaired) electrons. The molecular weight excluding hydrogens is 396 g/mol. The van der Waals surface area contributed by atoms with Crippen molar-refractivity contribution in [3.05, 3.63) is 58.6 Å². The first kappa shape index (κ1) is 20.6. The highest BCUT2D eigenvalue weighted by molar-refractivity contribution is 7.99. The van der Waals surface area contributed by atoms with Gasteiger partial charge in [0.2, 0.25) is 5.91 Å². The van der Waals surface area contributed by atoms with E-state index < -0.39 is 0 Å². The molecule has 27 heavy (non-hydrogen) atoms. The fourth-order valence-electron chi connectivity index (χ4n) is 2.99. The van der Waals surface area contributed by atoms with E-state index in [2.05, 4.69) is 29.3 Å². The number of hydrogen-bond donors (Lipinski definition) is 1. The van der Waals surface area contributed by atoms with Crippen molar-refractivity contribution in [1.29, 1.82) is 0 Å². The Balaban J connectivity index is 1.46. The molecule has 2 aromatic rings. The standard InChI is InChI=1S/C21H25ClN2OS2/c1-16-14-17(15-24-9-12-26-13-10-24)2-7-20(16)23-21(25)8-11-27-19-5-3-18(22)4-6-19/h2-7,14H,8-13,15H2,1H3,(H,23,25). The second-order valence-corrected chi connectivity index (χ2v) is 9.47. The van der Waals surface area contributed by atoms with E-state index in [0.717, 1.165) is 46.6 Å². The molecule has 3 nitrogen and oxygen atoms in total. The molecule has 1 saturated heterocycles. The van der Waals surface area contributed by atoms with Crippen molar-refractivity contribution < 1.29 is 4.79 Å². The van der Waals surface area contributed by atoms with E-state index in [1.807, 2.05) is 42.1 Å². The lowest BCUT2D eigenvalue weighted by Crippen LogP contribution is -2.31. The number of benzene rings is 2. The highest BCUT2D eigenvalue weighted by Crippen LogP contribution is 2.22. The summed E-state index contributed by atoms with van der Waals surface area (Å²) < 4.78 is 0. The Morgan fingerprint density at radius 2 is 1.93 bits per heavy atom. The largest absolute Gasteiger partial charge is 0.326 e. The van der Waals surface area contributed by atoms with Crippen molar-refractivity contribution in [2.75, 3.05) is 35.7 Å². The van der Waals surface area contributed by atoms with E-state index in [9.17, 15) is 4.79 Å². The highest BCUT2D eigenvalue weighted by Gasteiger charge is 2.12. The van der Waals surface area contributed by atoms with Crippen LogP contribution in [0.3, 0.4) is 0 Å². The van der Waals surface area contributed by atoms with Crippen LogP contribution in [-0.2, 0) is 11.3 Å². The fraction of sp³-hybridized carbons (Fsp3) is 0.381. The summed E-state index contributed by atoms with van der Waals surface area (Å²) in [4.78, 5) is 15.9. The average molecular weight is 421 g/mol. The van der Waals surface area contributed by atoms with Gasteiger partial charge in [0, 0.05) is 58.9 Å². The predicted molar refractivity (Wildman–Crippen MR) is 119 cm³/mol. The van der Waals surface area contributed by atoms with Crippen LogP contribution in [0.15, 0.2) is 47.4 Å². The van der Waals surface area contributed by atoms with E-state index >= 15 is 0 Å². The Labute approximate surface area is 175 Å². The molecule has 0 saturated carbocycles. The number of hydrogen-bond acceptors (Lipinski definition) is 4. The molecule has 0 bridgehead atoms. The molecule has 2 aromatic carbocycles. The molecule has 0 atom stereocenters. The van der Waals surface area contributed by atoms with Crippen LogP contribution < -0.4 is 5.32 Å². The van der Waals surface area contributed by atoms with Crippen molar-refractivity contribution >= 4 is 46.7 Å². The van der Waals surface area contributed by atoms with E-state index in [-0.39, 0.29) is 5.91 Å². The molecule has 0 unspecified atom stereocenters. The molecule has 1 aliphatic rings. The fourth-order valence-corrected chi connectivity index (χ4v) is 4.94. The van der Waals surface area contributed by atoms with Gasteiger partial charge in [-0.2, -0.15) is 11.8 Å². The minimum Gasteiger partial charge on any atom is -0.326 e. The maximum Gasteiger partial charge on any atom is 0.225 e. The number of rotatable bonds is 7. The van der Waals surface area contributed by atoms with Gasteiger partial charge in [0.05, 0.1) is 0 Å². The van der Waals surface area contributed by atoms with Crippen LogP contribution in [0.2, 0.25) is 5.02 Å². The van der Waals surface area contributed by atoms with Crippen LogP contribution in [0, 0.1) is 6.92 Å². The quantitative estimate of drug-likeness (QED) is 0.614. The number of nitrogens with zero attached hydrogens (tertiary/aromatic N) is 1. The second-order valence-electron chi connectivity index (χ2n) is 6.64. The van der Waals surface area contributed by atoms with Gasteiger partial charge in [-0.1, -0.05) is 23.7 Å². The molecule has 1 fully saturated rings. The summed E-state index contributed by atoms with van der Waals surface area (Å²) in [5.74, 6) is 3.25. The van der Waals surface area contributed by atoms with Gasteiger partial charge in [0.25, 0.3) is 0 Å². The van der Waals surface area contributed by atoms with Gasteiger partial charge in [-0.3, -0.25) is 9.69 Å². The molecule has 1 amide bonds. The molecule has 1 aliphatic heterocycles. The number of nitrogens with one attached hydrogen (secondary N) is 1. The molecular formula is C21H25ClN2OS2. The minimum atomic E-state index is 0.0559. The molecule has 3 rings (SSSR count). The van der Waals surface area contributed by atoms with E-state index in [4.69, 9.17) is 11.6 Å². The van der Waals surface area contributed by atoms with Gasteiger partial charge in [0.1, 0.15) is 0 Å². The Morgan fingerprint density at radius 3 is 2.63 bits per heavy atom. The molecule has 144 valence electrons. The smallest absolute Gasteiger partial charge is 0.225 e. The summed E-state index contributed by atoms with van der Waals surface area (Å²) in [7, 11) is 0. The predicted octanol–water partition coefficient (Wildman–Crippen LogP) is 5.32. The Morgan fingerprint density at radius 1 is 1.19 bits per heavy atom. The highest BCUT2D eigenvalue weighted by atomic mass is 35.5. The van der Waals surface area contributed by atoms with E-state index in [0.29, 0.717) is 6.42 Å². The number of halogens is 1. The zero-order chi connectivity index (χ0) is 19.1. The van der Waals surface area contributed by atoms with Crippen molar-refractivity contribution in [1.82, 2.24) is 4.90 Å². The number of thioether (sulfide) groups is 2. The van der Waals surface area contributed by atoms with Crippen LogP contribution in [0.1, 0.15) is 17.5 Å². The van der Waals surface area contributed by atoms with Crippen molar-refractivity contribution in [2.45, 2.75) is 24.8 Å². The second kappa shape index (κ2) is 10.4. The van der Waals surface area contributed by atoms with Crippen LogP contribution in [0.25, 0.3) is 0 Å². The van der Waals surface area contributed by atoms with Crippen molar-refractivity contribution in [3.63, 3.8) is 0 Å². The van der Waals surface area contributed by atoms with Gasteiger partial charge in [0.15, 0.2) is 0 Å². The summed E-state index contributed by atoms with van der Waals surface area (Å²) in [6.45, 7) is 5.38. The Kier molecular flexibility index (Phi) is 7.94. The molecule has 1 N–H and O–H groups in total. The first-order valence-corrected chi connectivity index (χ1v) is 11.7. The van der Waals surface area contributed by atoms with Gasteiger partial charge in [-0.25, -0.2) is 0 Å². The number of carbonyl (C=O) groups is 1. The average Bonchev–Trinajstić information content (AvgIpc) is 2.66. The van der Waals surface area contributed by atoms with Crippen molar-refractivity contribution in [2.24, 2.45) is 0 Å². The summed E-state index contributed by atoms with van der Waals surface area (Å²) in [5, 5.41) is 3.78. The third-order valence-electron chi connectivity index (χ3n) is 4.49. The maximum absolute atomic E-state index is 12.3. The van der Waals surface area contributed by atoms with E-state index in [1.165, 1.54) is 17.1 Å². The summed E-state index contributed by atoms with van der Waals surface area (Å²) in [6, 6.07) is 14.1. The maximum atomic E-state index is 12.3. The Bertz CT molecular complexity index is 761. The topological polar surface area (TPSA) is 32.3 Å². The van der Waals surface area contributed by atoms with Crippen LogP contribution in [0.4, 0.5) is 5.69 Å². The SMILES string of the molecule is Cc1cc(CN2CCSCC2)ccc1NC(=O)CCSc1ccc(Cl)cc1. The lowest BCUT2D eigenvalue weighted by atomic mass is 10.1. The van der Waals surface area contributed by atoms with Gasteiger partial charge < -0.3 is 5.32 Å². The van der Waals surface area contributed by atoms with Crippen LogP contribution in [0.5, 0.6) is 0 Å². The number of aryl methyl sites for hydroxylation is 1. The first-order chi connectivity index (χ1) is 13.1.